The smallest absolute Gasteiger partial charge is 0.324 e. The number of rotatable bonds is 9. The molecule has 0 fully saturated rings. The summed E-state index contributed by atoms with van der Waals surface area (Å²) in [5, 5.41) is 32.7. The van der Waals surface area contributed by atoms with Gasteiger partial charge in [-0.15, -0.1) is 0 Å². The molecule has 0 saturated heterocycles. The molecule has 49 heavy (non-hydrogen) atoms. The van der Waals surface area contributed by atoms with Crippen molar-refractivity contribution in [1.82, 2.24) is 0 Å². The SMILES string of the molecule is CCc1cc(C(C)(C)C)c(OC(c2c(C(C)(C)C)cc(CC)cc2C(C)(C)C)C(CO)(CO)CO)c(C(C)(C)C)c1.OP(O)O.OP(O)O. The number of aliphatic hydroxyl groups is 3. The van der Waals surface area contributed by atoms with E-state index >= 15 is 0 Å². The van der Waals surface area contributed by atoms with Gasteiger partial charge >= 0.3 is 17.2 Å². The van der Waals surface area contributed by atoms with Crippen molar-refractivity contribution in [2.75, 3.05) is 19.8 Å². The minimum Gasteiger partial charge on any atom is -0.484 e. The van der Waals surface area contributed by atoms with Crippen molar-refractivity contribution in [2.45, 2.75) is 138 Å². The maximum atomic E-state index is 10.9. The van der Waals surface area contributed by atoms with Gasteiger partial charge in [0, 0.05) is 16.7 Å². The molecule has 1 unspecified atom stereocenters. The zero-order valence-corrected chi connectivity index (χ0v) is 34.0. The van der Waals surface area contributed by atoms with Gasteiger partial charge in [0.15, 0.2) is 0 Å². The van der Waals surface area contributed by atoms with Gasteiger partial charge < -0.3 is 49.4 Å². The van der Waals surface area contributed by atoms with Crippen molar-refractivity contribution in [3.8, 4) is 5.75 Å². The molecule has 0 radical (unpaired) electrons. The maximum Gasteiger partial charge on any atom is 0.324 e. The molecular weight excluding hydrogens is 666 g/mol. The Balaban J connectivity index is 0.00000258. The second kappa shape index (κ2) is 19.0. The average molecular weight is 733 g/mol. The van der Waals surface area contributed by atoms with Crippen LogP contribution in [-0.2, 0) is 34.5 Å². The summed E-state index contributed by atoms with van der Waals surface area (Å²) in [6, 6.07) is 9.01. The second-order valence-corrected chi connectivity index (χ2v) is 17.8. The lowest BCUT2D eigenvalue weighted by molar-refractivity contribution is -0.0761. The number of ether oxygens (including phenoxy) is 1. The second-order valence-electron chi connectivity index (χ2n) is 16.7. The molecule has 0 aliphatic carbocycles. The molecular formula is C37H66O10P2. The molecule has 284 valence electrons. The van der Waals surface area contributed by atoms with E-state index in [0.29, 0.717) is 0 Å². The van der Waals surface area contributed by atoms with Crippen LogP contribution >= 0.6 is 17.2 Å². The van der Waals surface area contributed by atoms with Crippen molar-refractivity contribution >= 4 is 17.2 Å². The Hall–Kier alpha value is -1.26. The highest BCUT2D eigenvalue weighted by Crippen LogP contribution is 2.50. The van der Waals surface area contributed by atoms with Gasteiger partial charge in [-0.25, -0.2) is 0 Å². The van der Waals surface area contributed by atoms with E-state index in [0.717, 1.165) is 46.4 Å². The van der Waals surface area contributed by atoms with Crippen molar-refractivity contribution in [3.63, 3.8) is 0 Å². The largest absolute Gasteiger partial charge is 0.484 e. The third-order valence-corrected chi connectivity index (χ3v) is 8.44. The zero-order valence-electron chi connectivity index (χ0n) is 32.2. The highest BCUT2D eigenvalue weighted by molar-refractivity contribution is 7.38. The normalized spacial score (nSPS) is 13.5. The molecule has 2 rings (SSSR count). The Morgan fingerprint density at radius 2 is 0.755 bits per heavy atom. The molecule has 9 N–H and O–H groups in total. The maximum absolute atomic E-state index is 10.9. The fourth-order valence-corrected chi connectivity index (χ4v) is 5.58. The van der Waals surface area contributed by atoms with Crippen LogP contribution in [0.25, 0.3) is 0 Å². The molecule has 0 aromatic heterocycles. The summed E-state index contributed by atoms with van der Waals surface area (Å²) in [5.74, 6) is 0.784. The van der Waals surface area contributed by atoms with Crippen LogP contribution in [0.4, 0.5) is 0 Å². The summed E-state index contributed by atoms with van der Waals surface area (Å²) in [6.45, 7) is 29.5. The van der Waals surface area contributed by atoms with Crippen LogP contribution < -0.4 is 4.74 Å². The van der Waals surface area contributed by atoms with Gasteiger partial charge in [0.1, 0.15) is 11.9 Å². The van der Waals surface area contributed by atoms with E-state index in [1.54, 1.807) is 0 Å². The van der Waals surface area contributed by atoms with E-state index in [1.807, 2.05) is 0 Å². The molecule has 0 aliphatic rings. The highest BCUT2D eigenvalue weighted by atomic mass is 31.2. The number of aryl methyl sites for hydroxylation is 2. The Kier molecular flexibility index (Phi) is 18.5. The first-order chi connectivity index (χ1) is 22.1. The van der Waals surface area contributed by atoms with Crippen LogP contribution in [0.15, 0.2) is 24.3 Å². The van der Waals surface area contributed by atoms with E-state index in [-0.39, 0.29) is 21.7 Å². The standard InChI is InChI=1S/C37H60O4.2H3O3P/c1-15-24-17-26(33(3,4)5)30(27(18-24)34(6,7)8)32(37(21-38,22-39)23-40)41-31-28(35(9,10)11)19-25(16-2)20-29(31)36(12,13)14;2*1-4(2)3/h17-20,32,38-40H,15-16,21-23H2,1-14H3;2*1-3H. The fourth-order valence-electron chi connectivity index (χ4n) is 5.58. The first-order valence-corrected chi connectivity index (χ1v) is 19.1. The Labute approximate surface area is 297 Å². The lowest BCUT2D eigenvalue weighted by Gasteiger charge is -2.43. The first kappa shape index (κ1) is 47.7. The third kappa shape index (κ3) is 14.0. The molecule has 10 nitrogen and oxygen atoms in total. The summed E-state index contributed by atoms with van der Waals surface area (Å²) in [5.41, 5.74) is 5.60. The van der Waals surface area contributed by atoms with Crippen molar-refractivity contribution in [3.05, 3.63) is 63.2 Å². The number of aliphatic hydroxyl groups excluding tert-OH is 3. The number of hydrogen-bond donors (Lipinski definition) is 9. The van der Waals surface area contributed by atoms with Crippen molar-refractivity contribution in [1.29, 1.82) is 0 Å². The van der Waals surface area contributed by atoms with Crippen LogP contribution in [0.1, 0.15) is 142 Å². The summed E-state index contributed by atoms with van der Waals surface area (Å²) >= 11 is 0. The average Bonchev–Trinajstić information content (AvgIpc) is 2.94. The summed E-state index contributed by atoms with van der Waals surface area (Å²) < 4.78 is 7.32. The zero-order chi connectivity index (χ0) is 38.9. The Morgan fingerprint density at radius 1 is 0.510 bits per heavy atom. The topological polar surface area (TPSA) is 191 Å². The predicted molar refractivity (Wildman–Crippen MR) is 201 cm³/mol. The quantitative estimate of drug-likeness (QED) is 0.129. The van der Waals surface area contributed by atoms with Crippen LogP contribution in [0.3, 0.4) is 0 Å². The monoisotopic (exact) mass is 732 g/mol. The van der Waals surface area contributed by atoms with Gasteiger partial charge in [-0.2, -0.15) is 0 Å². The van der Waals surface area contributed by atoms with Gasteiger partial charge in [0.05, 0.1) is 25.2 Å². The molecule has 12 heteroatoms. The van der Waals surface area contributed by atoms with Crippen LogP contribution in [0.2, 0.25) is 0 Å². The fraction of sp³-hybridized carbons (Fsp3) is 0.676. The van der Waals surface area contributed by atoms with Gasteiger partial charge in [-0.1, -0.05) is 121 Å². The minimum absolute atomic E-state index is 0.225. The van der Waals surface area contributed by atoms with Gasteiger partial charge in [-0.05, 0) is 56.8 Å². The molecule has 0 saturated carbocycles. The highest BCUT2D eigenvalue weighted by Gasteiger charge is 2.46. The Morgan fingerprint density at radius 3 is 0.959 bits per heavy atom. The Bertz CT molecular complexity index is 1210. The molecule has 0 bridgehead atoms. The first-order valence-electron chi connectivity index (χ1n) is 16.7. The lowest BCUT2D eigenvalue weighted by atomic mass is 9.68. The van der Waals surface area contributed by atoms with Crippen LogP contribution in [-0.4, -0.2) is 64.5 Å². The molecule has 2 aromatic carbocycles. The summed E-state index contributed by atoms with van der Waals surface area (Å²) in [6.07, 6.45) is 1.00. The summed E-state index contributed by atoms with van der Waals surface area (Å²) in [7, 11) is -5.24. The van der Waals surface area contributed by atoms with Crippen LogP contribution in [0.5, 0.6) is 5.75 Å². The van der Waals surface area contributed by atoms with Crippen molar-refractivity contribution in [2.24, 2.45) is 5.41 Å². The van der Waals surface area contributed by atoms with E-state index in [9.17, 15) is 15.3 Å². The van der Waals surface area contributed by atoms with Crippen molar-refractivity contribution < 1.29 is 49.4 Å². The molecule has 0 aliphatic heterocycles. The predicted octanol–water partition coefficient (Wildman–Crippen LogP) is 6.47. The van der Waals surface area contributed by atoms with E-state index in [4.69, 9.17) is 34.1 Å². The molecule has 0 heterocycles. The van der Waals surface area contributed by atoms with E-state index in [2.05, 4.69) is 121 Å². The van der Waals surface area contributed by atoms with Crippen LogP contribution in [0, 0.1) is 5.41 Å². The molecule has 0 spiro atoms. The molecule has 1 atom stereocenters. The van der Waals surface area contributed by atoms with Gasteiger partial charge in [0.25, 0.3) is 0 Å². The van der Waals surface area contributed by atoms with Gasteiger partial charge in [-0.3, -0.25) is 0 Å². The third-order valence-electron chi connectivity index (χ3n) is 8.44. The molecule has 0 amide bonds. The van der Waals surface area contributed by atoms with E-state index < -0.39 is 48.5 Å². The number of hydrogen-bond acceptors (Lipinski definition) is 10. The van der Waals surface area contributed by atoms with Gasteiger partial charge in [0.2, 0.25) is 0 Å². The summed E-state index contributed by atoms with van der Waals surface area (Å²) in [4.78, 5) is 43.4. The minimum atomic E-state index is -2.62. The number of benzene rings is 2. The molecule has 2 aromatic rings. The van der Waals surface area contributed by atoms with E-state index in [1.165, 1.54) is 11.1 Å². The lowest BCUT2D eigenvalue weighted by Crippen LogP contribution is -2.45.